The summed E-state index contributed by atoms with van der Waals surface area (Å²) in [4.78, 5) is 28.7. The van der Waals surface area contributed by atoms with Crippen LogP contribution in [-0.2, 0) is 14.3 Å². The molecule has 1 heterocycles. The lowest BCUT2D eigenvalue weighted by Gasteiger charge is -2.21. The third-order valence-electron chi connectivity index (χ3n) is 2.71. The van der Waals surface area contributed by atoms with Crippen LogP contribution in [0.5, 0.6) is 0 Å². The van der Waals surface area contributed by atoms with Crippen LogP contribution >= 0.6 is 0 Å². The molecule has 0 spiro atoms. The van der Waals surface area contributed by atoms with E-state index in [0.717, 1.165) is 0 Å². The van der Waals surface area contributed by atoms with E-state index in [2.05, 4.69) is 14.5 Å². The lowest BCUT2D eigenvalue weighted by molar-refractivity contribution is -0.144. The molecular formula is C13H18N2O4. The molecule has 0 aliphatic carbocycles. The number of carbonyl (C=O) groups excluding carboxylic acids is 2. The van der Waals surface area contributed by atoms with Gasteiger partial charge in [-0.2, -0.15) is 0 Å². The number of methoxy groups -OCH3 is 2. The van der Waals surface area contributed by atoms with E-state index in [0.29, 0.717) is 17.9 Å². The smallest absolute Gasteiger partial charge is 0.338 e. The van der Waals surface area contributed by atoms with Gasteiger partial charge in [-0.15, -0.1) is 0 Å². The molecule has 1 unspecified atom stereocenters. The van der Waals surface area contributed by atoms with Gasteiger partial charge in [0.15, 0.2) is 0 Å². The Morgan fingerprint density at radius 3 is 2.63 bits per heavy atom. The molecule has 1 atom stereocenters. The first-order valence-corrected chi connectivity index (χ1v) is 5.83. The Labute approximate surface area is 112 Å². The van der Waals surface area contributed by atoms with Crippen molar-refractivity contribution in [1.82, 2.24) is 4.98 Å². The fourth-order valence-corrected chi connectivity index (χ4v) is 1.65. The molecule has 0 saturated carbocycles. The number of nitrogens with zero attached hydrogens (tertiary/aromatic N) is 2. The van der Waals surface area contributed by atoms with Crippen LogP contribution < -0.4 is 4.90 Å². The first-order chi connectivity index (χ1) is 8.99. The second kappa shape index (κ2) is 6.72. The fraction of sp³-hybridized carbons (Fsp3) is 0.462. The van der Waals surface area contributed by atoms with E-state index in [1.807, 2.05) is 0 Å². The van der Waals surface area contributed by atoms with Gasteiger partial charge in [0.1, 0.15) is 5.82 Å². The number of anilines is 1. The lowest BCUT2D eigenvalue weighted by atomic mass is 10.1. The summed E-state index contributed by atoms with van der Waals surface area (Å²) in [5, 5.41) is 0. The second-order valence-corrected chi connectivity index (χ2v) is 4.20. The molecule has 0 fully saturated rings. The van der Waals surface area contributed by atoms with Gasteiger partial charge in [-0.25, -0.2) is 9.78 Å². The Kier molecular flexibility index (Phi) is 5.29. The van der Waals surface area contributed by atoms with Crippen LogP contribution in [0.3, 0.4) is 0 Å². The fourth-order valence-electron chi connectivity index (χ4n) is 1.65. The molecule has 6 heteroatoms. The Morgan fingerprint density at radius 1 is 1.37 bits per heavy atom. The number of hydrogen-bond donors (Lipinski definition) is 0. The van der Waals surface area contributed by atoms with Crippen LogP contribution in [0.2, 0.25) is 0 Å². The predicted octanol–water partition coefficient (Wildman–Crippen LogP) is 1.11. The number of esters is 2. The van der Waals surface area contributed by atoms with E-state index in [-0.39, 0.29) is 11.9 Å². The van der Waals surface area contributed by atoms with E-state index in [1.165, 1.54) is 20.4 Å². The molecule has 0 saturated heterocycles. The summed E-state index contributed by atoms with van der Waals surface area (Å²) in [6.07, 6.45) is 1.53. The maximum absolute atomic E-state index is 11.4. The molecule has 0 radical (unpaired) electrons. The van der Waals surface area contributed by atoms with Crippen molar-refractivity contribution in [3.05, 3.63) is 23.9 Å². The van der Waals surface area contributed by atoms with Crippen molar-refractivity contribution in [3.8, 4) is 0 Å². The number of pyridine rings is 1. The SMILES string of the molecule is COC(=O)c1ccnc(N(C)CC(C)C(=O)OC)c1. The van der Waals surface area contributed by atoms with Crippen LogP contribution in [0, 0.1) is 5.92 Å². The Bertz CT molecular complexity index is 462. The summed E-state index contributed by atoms with van der Waals surface area (Å²) in [5.74, 6) is -0.383. The largest absolute Gasteiger partial charge is 0.469 e. The van der Waals surface area contributed by atoms with Crippen molar-refractivity contribution in [1.29, 1.82) is 0 Å². The van der Waals surface area contributed by atoms with E-state index in [4.69, 9.17) is 0 Å². The molecule has 0 aliphatic rings. The van der Waals surface area contributed by atoms with E-state index >= 15 is 0 Å². The third kappa shape index (κ3) is 3.94. The molecule has 19 heavy (non-hydrogen) atoms. The van der Waals surface area contributed by atoms with Crippen molar-refractivity contribution in [3.63, 3.8) is 0 Å². The molecule has 0 aromatic carbocycles. The number of ether oxygens (including phenoxy) is 2. The average Bonchev–Trinajstić information content (AvgIpc) is 2.45. The Morgan fingerprint density at radius 2 is 2.05 bits per heavy atom. The summed E-state index contributed by atoms with van der Waals surface area (Å²) in [6, 6.07) is 3.20. The van der Waals surface area contributed by atoms with Gasteiger partial charge in [-0.3, -0.25) is 4.79 Å². The average molecular weight is 266 g/mol. The van der Waals surface area contributed by atoms with E-state index < -0.39 is 5.97 Å². The van der Waals surface area contributed by atoms with Crippen LogP contribution in [-0.4, -0.2) is 44.7 Å². The van der Waals surface area contributed by atoms with Crippen LogP contribution in [0.1, 0.15) is 17.3 Å². The molecule has 0 aliphatic heterocycles. The highest BCUT2D eigenvalue weighted by molar-refractivity contribution is 5.90. The molecule has 1 aromatic heterocycles. The minimum atomic E-state index is -0.418. The molecule has 6 nitrogen and oxygen atoms in total. The van der Waals surface area contributed by atoms with Crippen molar-refractivity contribution in [2.24, 2.45) is 5.92 Å². The van der Waals surface area contributed by atoms with E-state index in [9.17, 15) is 9.59 Å². The zero-order chi connectivity index (χ0) is 14.4. The maximum Gasteiger partial charge on any atom is 0.338 e. The molecule has 0 amide bonds. The molecule has 1 aromatic rings. The maximum atomic E-state index is 11.4. The zero-order valence-electron chi connectivity index (χ0n) is 11.5. The number of carbonyl (C=O) groups is 2. The van der Waals surface area contributed by atoms with Gasteiger partial charge in [0, 0.05) is 19.8 Å². The summed E-state index contributed by atoms with van der Waals surface area (Å²) in [5.41, 5.74) is 0.421. The number of aromatic nitrogens is 1. The summed E-state index contributed by atoms with van der Waals surface area (Å²) in [6.45, 7) is 2.22. The van der Waals surface area contributed by atoms with Crippen LogP contribution in [0.4, 0.5) is 5.82 Å². The monoisotopic (exact) mass is 266 g/mol. The molecule has 0 bridgehead atoms. The molecule has 1 rings (SSSR count). The minimum absolute atomic E-state index is 0.279. The van der Waals surface area contributed by atoms with Crippen molar-refractivity contribution >= 4 is 17.8 Å². The summed E-state index contributed by atoms with van der Waals surface area (Å²) in [7, 11) is 4.48. The quantitative estimate of drug-likeness (QED) is 0.744. The standard InChI is InChI=1S/C13H18N2O4/c1-9(12(16)18-3)8-15(2)11-7-10(5-6-14-11)13(17)19-4/h5-7,9H,8H2,1-4H3. The van der Waals surface area contributed by atoms with Gasteiger partial charge in [-0.05, 0) is 12.1 Å². The molecule has 0 N–H and O–H groups in total. The normalized spacial score (nSPS) is 11.6. The van der Waals surface area contributed by atoms with Gasteiger partial charge in [0.05, 0.1) is 25.7 Å². The Balaban J connectivity index is 2.79. The van der Waals surface area contributed by atoms with Gasteiger partial charge in [0.2, 0.25) is 0 Å². The molecule has 104 valence electrons. The first-order valence-electron chi connectivity index (χ1n) is 5.83. The highest BCUT2D eigenvalue weighted by atomic mass is 16.5. The highest BCUT2D eigenvalue weighted by Gasteiger charge is 2.17. The topological polar surface area (TPSA) is 68.7 Å². The van der Waals surface area contributed by atoms with Crippen LogP contribution in [0.15, 0.2) is 18.3 Å². The first kappa shape index (κ1) is 14.9. The third-order valence-corrected chi connectivity index (χ3v) is 2.71. The summed E-state index contributed by atoms with van der Waals surface area (Å²) >= 11 is 0. The predicted molar refractivity (Wildman–Crippen MR) is 70.0 cm³/mol. The van der Waals surface area contributed by atoms with Gasteiger partial charge < -0.3 is 14.4 Å². The van der Waals surface area contributed by atoms with Crippen molar-refractivity contribution in [2.45, 2.75) is 6.92 Å². The minimum Gasteiger partial charge on any atom is -0.469 e. The summed E-state index contributed by atoms with van der Waals surface area (Å²) < 4.78 is 9.32. The van der Waals surface area contributed by atoms with Gasteiger partial charge in [-0.1, -0.05) is 6.92 Å². The number of hydrogen-bond acceptors (Lipinski definition) is 6. The van der Waals surface area contributed by atoms with Crippen molar-refractivity contribution in [2.75, 3.05) is 32.7 Å². The van der Waals surface area contributed by atoms with Crippen molar-refractivity contribution < 1.29 is 19.1 Å². The second-order valence-electron chi connectivity index (χ2n) is 4.20. The molecular weight excluding hydrogens is 248 g/mol. The van der Waals surface area contributed by atoms with Gasteiger partial charge in [0.25, 0.3) is 0 Å². The van der Waals surface area contributed by atoms with E-state index in [1.54, 1.807) is 31.0 Å². The number of rotatable bonds is 5. The lowest BCUT2D eigenvalue weighted by Crippen LogP contribution is -2.29. The highest BCUT2D eigenvalue weighted by Crippen LogP contribution is 2.14. The Hall–Kier alpha value is -2.11. The van der Waals surface area contributed by atoms with Crippen LogP contribution in [0.25, 0.3) is 0 Å². The van der Waals surface area contributed by atoms with Gasteiger partial charge >= 0.3 is 11.9 Å². The zero-order valence-corrected chi connectivity index (χ0v) is 11.5.